The van der Waals surface area contributed by atoms with Gasteiger partial charge in [0.2, 0.25) is 0 Å². The summed E-state index contributed by atoms with van der Waals surface area (Å²) in [6.45, 7) is 5.98. The zero-order valence-corrected chi connectivity index (χ0v) is 14.6. The molecule has 6 heteroatoms. The van der Waals surface area contributed by atoms with Crippen LogP contribution in [0.25, 0.3) is 5.65 Å². The fourth-order valence-corrected chi connectivity index (χ4v) is 3.90. The third-order valence-electron chi connectivity index (χ3n) is 5.27. The predicted octanol–water partition coefficient (Wildman–Crippen LogP) is 2.29. The van der Waals surface area contributed by atoms with E-state index >= 15 is 0 Å². The third-order valence-corrected chi connectivity index (χ3v) is 5.27. The lowest BCUT2D eigenvalue weighted by atomic mass is 10.1. The standard InChI is InChI=1S/C19H25N5O/c20-14-17-19(21-18-6-2-5-10-24(17)18)23-11-7-16(15-23)25-13-12-22-8-3-1-4-9-22/h2,5-6,10,16H,1,3-4,7-9,11-13,15H2. The van der Waals surface area contributed by atoms with E-state index in [2.05, 4.69) is 20.9 Å². The maximum Gasteiger partial charge on any atom is 0.169 e. The van der Waals surface area contributed by atoms with Crippen molar-refractivity contribution in [1.29, 1.82) is 5.26 Å². The van der Waals surface area contributed by atoms with E-state index in [0.29, 0.717) is 5.69 Å². The molecule has 1 atom stereocenters. The number of likely N-dealkylation sites (tertiary alicyclic amines) is 1. The van der Waals surface area contributed by atoms with Crippen molar-refractivity contribution in [3.63, 3.8) is 0 Å². The van der Waals surface area contributed by atoms with E-state index in [1.54, 1.807) is 0 Å². The molecule has 0 saturated carbocycles. The van der Waals surface area contributed by atoms with Crippen molar-refractivity contribution in [3.05, 3.63) is 30.1 Å². The van der Waals surface area contributed by atoms with Crippen LogP contribution in [0.3, 0.4) is 0 Å². The van der Waals surface area contributed by atoms with E-state index in [9.17, 15) is 5.26 Å². The Morgan fingerprint density at radius 3 is 2.92 bits per heavy atom. The molecule has 2 aliphatic rings. The maximum atomic E-state index is 9.54. The zero-order chi connectivity index (χ0) is 17.1. The van der Waals surface area contributed by atoms with Gasteiger partial charge in [0.15, 0.2) is 11.5 Å². The van der Waals surface area contributed by atoms with Crippen LogP contribution in [0, 0.1) is 11.3 Å². The Bertz CT molecular complexity index is 759. The van der Waals surface area contributed by atoms with Crippen LogP contribution in [0.4, 0.5) is 5.82 Å². The minimum atomic E-state index is 0.237. The molecule has 0 N–H and O–H groups in total. The van der Waals surface area contributed by atoms with Crippen molar-refractivity contribution in [2.24, 2.45) is 0 Å². The van der Waals surface area contributed by atoms with Crippen molar-refractivity contribution in [2.75, 3.05) is 44.2 Å². The van der Waals surface area contributed by atoms with Gasteiger partial charge in [0.1, 0.15) is 11.7 Å². The van der Waals surface area contributed by atoms with Gasteiger partial charge in [0.25, 0.3) is 0 Å². The van der Waals surface area contributed by atoms with Crippen LogP contribution in [0.15, 0.2) is 24.4 Å². The first-order chi connectivity index (χ1) is 12.3. The molecule has 2 saturated heterocycles. The first kappa shape index (κ1) is 16.4. The van der Waals surface area contributed by atoms with Gasteiger partial charge in [-0.2, -0.15) is 5.26 Å². The maximum absolute atomic E-state index is 9.54. The summed E-state index contributed by atoms with van der Waals surface area (Å²) < 4.78 is 7.97. The normalized spacial score (nSPS) is 21.7. The number of pyridine rings is 1. The highest BCUT2D eigenvalue weighted by molar-refractivity contribution is 5.60. The lowest BCUT2D eigenvalue weighted by Crippen LogP contribution is -2.34. The van der Waals surface area contributed by atoms with Gasteiger partial charge < -0.3 is 14.5 Å². The molecule has 4 heterocycles. The molecule has 2 fully saturated rings. The van der Waals surface area contributed by atoms with Gasteiger partial charge in [-0.25, -0.2) is 4.98 Å². The number of piperidine rings is 1. The Kier molecular flexibility index (Phi) is 4.86. The summed E-state index contributed by atoms with van der Waals surface area (Å²) in [7, 11) is 0. The minimum absolute atomic E-state index is 0.237. The summed E-state index contributed by atoms with van der Waals surface area (Å²) in [6.07, 6.45) is 7.14. The molecule has 2 aliphatic heterocycles. The number of nitriles is 1. The fourth-order valence-electron chi connectivity index (χ4n) is 3.90. The minimum Gasteiger partial charge on any atom is -0.375 e. The summed E-state index contributed by atoms with van der Waals surface area (Å²) in [5.74, 6) is 0.788. The number of aromatic nitrogens is 2. The van der Waals surface area contributed by atoms with E-state index in [1.807, 2.05) is 28.8 Å². The molecule has 2 aromatic rings. The Morgan fingerprint density at radius 2 is 2.08 bits per heavy atom. The molecule has 0 spiro atoms. The van der Waals surface area contributed by atoms with Crippen LogP contribution in [-0.4, -0.2) is 59.7 Å². The number of hydrogen-bond acceptors (Lipinski definition) is 5. The number of ether oxygens (including phenoxy) is 1. The molecule has 2 aromatic heterocycles. The predicted molar refractivity (Wildman–Crippen MR) is 96.8 cm³/mol. The van der Waals surface area contributed by atoms with Crippen LogP contribution in [0.2, 0.25) is 0 Å². The number of fused-ring (bicyclic) bond motifs is 1. The van der Waals surface area contributed by atoms with Crippen molar-refractivity contribution >= 4 is 11.5 Å². The molecule has 0 aromatic carbocycles. The largest absolute Gasteiger partial charge is 0.375 e. The van der Waals surface area contributed by atoms with Gasteiger partial charge in [0, 0.05) is 25.8 Å². The third kappa shape index (κ3) is 3.48. The van der Waals surface area contributed by atoms with E-state index in [1.165, 1.54) is 32.4 Å². The number of hydrogen-bond donors (Lipinski definition) is 0. The highest BCUT2D eigenvalue weighted by atomic mass is 16.5. The first-order valence-electron chi connectivity index (χ1n) is 9.31. The van der Waals surface area contributed by atoms with Crippen molar-refractivity contribution in [1.82, 2.24) is 14.3 Å². The molecule has 0 amide bonds. The number of rotatable bonds is 5. The van der Waals surface area contributed by atoms with Crippen LogP contribution in [-0.2, 0) is 4.74 Å². The second kappa shape index (κ2) is 7.42. The second-order valence-corrected chi connectivity index (χ2v) is 6.95. The second-order valence-electron chi connectivity index (χ2n) is 6.95. The van der Waals surface area contributed by atoms with E-state index in [0.717, 1.165) is 44.1 Å². The van der Waals surface area contributed by atoms with Crippen LogP contribution in [0.5, 0.6) is 0 Å². The molecule has 25 heavy (non-hydrogen) atoms. The van der Waals surface area contributed by atoms with Gasteiger partial charge in [-0.05, 0) is 44.5 Å². The summed E-state index contributed by atoms with van der Waals surface area (Å²) in [5.41, 5.74) is 1.44. The number of anilines is 1. The van der Waals surface area contributed by atoms with Crippen LogP contribution < -0.4 is 4.90 Å². The van der Waals surface area contributed by atoms with E-state index in [-0.39, 0.29) is 6.10 Å². The SMILES string of the molecule is N#Cc1c(N2CCC(OCCN3CCCCC3)C2)nc2ccccn12. The lowest BCUT2D eigenvalue weighted by molar-refractivity contribution is 0.0467. The Morgan fingerprint density at radius 1 is 1.20 bits per heavy atom. The van der Waals surface area contributed by atoms with Crippen LogP contribution in [0.1, 0.15) is 31.4 Å². The average Bonchev–Trinajstić information content (AvgIpc) is 3.26. The molecular weight excluding hydrogens is 314 g/mol. The van der Waals surface area contributed by atoms with E-state index in [4.69, 9.17) is 4.74 Å². The van der Waals surface area contributed by atoms with Crippen molar-refractivity contribution in [3.8, 4) is 6.07 Å². The van der Waals surface area contributed by atoms with Crippen molar-refractivity contribution < 1.29 is 4.74 Å². The molecule has 132 valence electrons. The zero-order valence-electron chi connectivity index (χ0n) is 14.6. The molecule has 1 unspecified atom stereocenters. The summed E-state index contributed by atoms with van der Waals surface area (Å²) >= 11 is 0. The molecule has 0 radical (unpaired) electrons. The number of imidazole rings is 1. The molecule has 6 nitrogen and oxygen atoms in total. The van der Waals surface area contributed by atoms with Gasteiger partial charge in [0.05, 0.1) is 12.7 Å². The summed E-state index contributed by atoms with van der Waals surface area (Å²) in [5, 5.41) is 9.54. The highest BCUT2D eigenvalue weighted by Crippen LogP contribution is 2.25. The van der Waals surface area contributed by atoms with Gasteiger partial charge >= 0.3 is 0 Å². The van der Waals surface area contributed by atoms with E-state index < -0.39 is 0 Å². The summed E-state index contributed by atoms with van der Waals surface area (Å²) in [6, 6.07) is 8.12. The molecule has 0 aliphatic carbocycles. The number of nitrogens with zero attached hydrogens (tertiary/aromatic N) is 5. The Hall–Kier alpha value is -2.10. The Balaban J connectivity index is 1.35. The smallest absolute Gasteiger partial charge is 0.169 e. The van der Waals surface area contributed by atoms with Gasteiger partial charge in [-0.1, -0.05) is 12.5 Å². The molecule has 4 rings (SSSR count). The Labute approximate surface area is 148 Å². The summed E-state index contributed by atoms with van der Waals surface area (Å²) in [4.78, 5) is 9.35. The van der Waals surface area contributed by atoms with Crippen LogP contribution >= 0.6 is 0 Å². The topological polar surface area (TPSA) is 56.8 Å². The monoisotopic (exact) mass is 339 g/mol. The highest BCUT2D eigenvalue weighted by Gasteiger charge is 2.27. The fraction of sp³-hybridized carbons (Fsp3) is 0.579. The van der Waals surface area contributed by atoms with Gasteiger partial charge in [-0.3, -0.25) is 4.40 Å². The lowest BCUT2D eigenvalue weighted by Gasteiger charge is -2.26. The van der Waals surface area contributed by atoms with Crippen molar-refractivity contribution in [2.45, 2.75) is 31.8 Å². The average molecular weight is 339 g/mol. The van der Waals surface area contributed by atoms with Gasteiger partial charge in [-0.15, -0.1) is 0 Å². The quantitative estimate of drug-likeness (QED) is 0.836. The molecule has 0 bridgehead atoms. The first-order valence-corrected chi connectivity index (χ1v) is 9.31. The molecular formula is C19H25N5O.